The second-order valence-electron chi connectivity index (χ2n) is 4.92. The summed E-state index contributed by atoms with van der Waals surface area (Å²) in [5.74, 6) is 0.571. The average molecular weight is 331 g/mol. The van der Waals surface area contributed by atoms with E-state index in [2.05, 4.69) is 10.3 Å². The summed E-state index contributed by atoms with van der Waals surface area (Å²) in [7, 11) is -2.06. The topological polar surface area (TPSA) is 86.1 Å². The van der Waals surface area contributed by atoms with Crippen molar-refractivity contribution in [1.82, 2.24) is 9.29 Å². The van der Waals surface area contributed by atoms with Crippen molar-refractivity contribution in [3.8, 4) is 6.07 Å². The summed E-state index contributed by atoms with van der Waals surface area (Å²) in [4.78, 5) is 4.02. The Morgan fingerprint density at radius 1 is 1.52 bits per heavy atom. The van der Waals surface area contributed by atoms with Crippen LogP contribution in [-0.4, -0.2) is 37.8 Å². The molecule has 0 unspecified atom stereocenters. The number of nitriles is 1. The normalized spacial score (nSPS) is 11.7. The average Bonchev–Trinajstić information content (AvgIpc) is 2.42. The Balaban J connectivity index is 3.15. The van der Waals surface area contributed by atoms with Crippen LogP contribution in [0.3, 0.4) is 0 Å². The fourth-order valence-electron chi connectivity index (χ4n) is 1.79. The number of pyridine rings is 1. The summed E-state index contributed by atoms with van der Waals surface area (Å²) < 4.78 is 26.5. The molecule has 1 aromatic rings. The second-order valence-corrected chi connectivity index (χ2v) is 7.26. The zero-order valence-corrected chi connectivity index (χ0v) is 13.9. The van der Waals surface area contributed by atoms with Gasteiger partial charge in [-0.15, -0.1) is 0 Å². The molecule has 0 amide bonds. The van der Waals surface area contributed by atoms with Crippen LogP contribution in [0.5, 0.6) is 0 Å². The highest BCUT2D eigenvalue weighted by Crippen LogP contribution is 2.24. The molecule has 0 radical (unpaired) electrons. The number of aromatic nitrogens is 1. The number of halogens is 1. The Morgan fingerprint density at radius 2 is 2.19 bits per heavy atom. The lowest BCUT2D eigenvalue weighted by Gasteiger charge is -2.23. The van der Waals surface area contributed by atoms with Crippen molar-refractivity contribution >= 4 is 27.4 Å². The Morgan fingerprint density at radius 3 is 2.67 bits per heavy atom. The van der Waals surface area contributed by atoms with Crippen molar-refractivity contribution in [2.45, 2.75) is 25.2 Å². The molecule has 1 N–H and O–H groups in total. The predicted octanol–water partition coefficient (Wildman–Crippen LogP) is 2.34. The van der Waals surface area contributed by atoms with Gasteiger partial charge in [-0.2, -0.15) is 9.57 Å². The first-order valence-electron chi connectivity index (χ1n) is 6.53. The molecule has 116 valence electrons. The highest BCUT2D eigenvalue weighted by Gasteiger charge is 2.26. The van der Waals surface area contributed by atoms with Crippen molar-refractivity contribution < 1.29 is 8.42 Å². The molecule has 0 fully saturated rings. The zero-order chi connectivity index (χ0) is 16.0. The molecule has 6 nitrogen and oxygen atoms in total. The van der Waals surface area contributed by atoms with Gasteiger partial charge in [0.1, 0.15) is 10.7 Å². The number of hydrogen-bond donors (Lipinski definition) is 1. The van der Waals surface area contributed by atoms with E-state index in [0.29, 0.717) is 12.4 Å². The molecule has 0 aliphatic rings. The Labute approximate surface area is 130 Å². The quantitative estimate of drug-likeness (QED) is 0.829. The van der Waals surface area contributed by atoms with Gasteiger partial charge in [0.2, 0.25) is 10.0 Å². The van der Waals surface area contributed by atoms with Gasteiger partial charge in [0, 0.05) is 32.8 Å². The maximum Gasteiger partial charge on any atom is 0.244 e. The zero-order valence-electron chi connectivity index (χ0n) is 12.3. The summed E-state index contributed by atoms with van der Waals surface area (Å²) in [6, 6.07) is 3.34. The van der Waals surface area contributed by atoms with Crippen LogP contribution >= 0.6 is 11.6 Å². The molecule has 8 heteroatoms. The van der Waals surface area contributed by atoms with Crippen LogP contribution in [0.1, 0.15) is 20.3 Å². The largest absolute Gasteiger partial charge is 0.372 e. The van der Waals surface area contributed by atoms with Crippen molar-refractivity contribution in [3.63, 3.8) is 0 Å². The van der Waals surface area contributed by atoms with Crippen LogP contribution < -0.4 is 5.32 Å². The summed E-state index contributed by atoms with van der Waals surface area (Å²) in [5, 5.41) is 11.7. The number of hydrogen-bond acceptors (Lipinski definition) is 5. The van der Waals surface area contributed by atoms with Crippen LogP contribution in [0.4, 0.5) is 5.82 Å². The van der Waals surface area contributed by atoms with E-state index in [1.54, 1.807) is 7.05 Å². The van der Waals surface area contributed by atoms with E-state index in [0.717, 1.165) is 0 Å². The molecule has 0 saturated carbocycles. The Hall–Kier alpha value is -1.36. The highest BCUT2D eigenvalue weighted by atomic mass is 35.5. The van der Waals surface area contributed by atoms with Crippen molar-refractivity contribution in [2.24, 2.45) is 5.92 Å². The third-order valence-electron chi connectivity index (χ3n) is 2.73. The molecule has 0 saturated heterocycles. The lowest BCUT2D eigenvalue weighted by molar-refractivity contribution is 0.373. The number of sulfonamides is 1. The monoisotopic (exact) mass is 330 g/mol. The molecule has 0 aliphatic heterocycles. The fourth-order valence-corrected chi connectivity index (χ4v) is 3.69. The molecular formula is C13H19ClN4O2S. The van der Waals surface area contributed by atoms with Crippen LogP contribution in [0, 0.1) is 17.2 Å². The van der Waals surface area contributed by atoms with Gasteiger partial charge < -0.3 is 5.32 Å². The fraction of sp³-hybridized carbons (Fsp3) is 0.538. The lowest BCUT2D eigenvalue weighted by Crippen LogP contribution is -2.35. The first-order chi connectivity index (χ1) is 9.82. The van der Waals surface area contributed by atoms with E-state index in [-0.39, 0.29) is 28.8 Å². The van der Waals surface area contributed by atoms with Gasteiger partial charge in [-0.05, 0) is 12.0 Å². The minimum Gasteiger partial charge on any atom is -0.372 e. The second kappa shape index (κ2) is 7.59. The van der Waals surface area contributed by atoms with E-state index in [4.69, 9.17) is 16.9 Å². The molecule has 0 bridgehead atoms. The van der Waals surface area contributed by atoms with Crippen LogP contribution in [-0.2, 0) is 10.0 Å². The Kier molecular flexibility index (Phi) is 6.40. The summed E-state index contributed by atoms with van der Waals surface area (Å²) in [6.07, 6.45) is 1.41. The maximum absolute atomic E-state index is 12.6. The molecule has 1 aromatic heterocycles. The smallest absolute Gasteiger partial charge is 0.244 e. The summed E-state index contributed by atoms with van der Waals surface area (Å²) in [5.41, 5.74) is 0. The molecule has 0 aliphatic carbocycles. The number of nitrogens with one attached hydrogen (secondary N) is 1. The molecule has 0 aromatic carbocycles. The van der Waals surface area contributed by atoms with Gasteiger partial charge in [0.05, 0.1) is 11.1 Å². The molecule has 0 atom stereocenters. The van der Waals surface area contributed by atoms with E-state index in [1.807, 2.05) is 19.9 Å². The van der Waals surface area contributed by atoms with E-state index >= 15 is 0 Å². The lowest BCUT2D eigenvalue weighted by atomic mass is 10.2. The van der Waals surface area contributed by atoms with Crippen LogP contribution in [0.15, 0.2) is 17.2 Å². The first kappa shape index (κ1) is 17.7. The van der Waals surface area contributed by atoms with E-state index in [9.17, 15) is 8.42 Å². The molecule has 21 heavy (non-hydrogen) atoms. The SMILES string of the molecule is CNc1ncc(S(=O)(=O)N(CCC#N)CC(C)C)cc1Cl. The van der Waals surface area contributed by atoms with Crippen molar-refractivity contribution in [2.75, 3.05) is 25.5 Å². The van der Waals surface area contributed by atoms with Gasteiger partial charge >= 0.3 is 0 Å². The summed E-state index contributed by atoms with van der Waals surface area (Å²) >= 11 is 5.99. The van der Waals surface area contributed by atoms with Crippen molar-refractivity contribution in [3.05, 3.63) is 17.3 Å². The number of rotatable bonds is 7. The molecular weight excluding hydrogens is 312 g/mol. The van der Waals surface area contributed by atoms with E-state index in [1.165, 1.54) is 16.6 Å². The van der Waals surface area contributed by atoms with Crippen LogP contribution in [0.25, 0.3) is 0 Å². The predicted molar refractivity (Wildman–Crippen MR) is 82.6 cm³/mol. The third kappa shape index (κ3) is 4.56. The van der Waals surface area contributed by atoms with E-state index < -0.39 is 10.0 Å². The van der Waals surface area contributed by atoms with Gasteiger partial charge in [0.15, 0.2) is 0 Å². The number of nitrogens with zero attached hydrogens (tertiary/aromatic N) is 3. The third-order valence-corrected chi connectivity index (χ3v) is 4.85. The van der Waals surface area contributed by atoms with Gasteiger partial charge in [-0.25, -0.2) is 13.4 Å². The molecule has 0 spiro atoms. The maximum atomic E-state index is 12.6. The van der Waals surface area contributed by atoms with Crippen molar-refractivity contribution in [1.29, 1.82) is 5.26 Å². The van der Waals surface area contributed by atoms with Crippen LogP contribution in [0.2, 0.25) is 5.02 Å². The molecule has 1 heterocycles. The molecule has 1 rings (SSSR count). The minimum atomic E-state index is -3.71. The van der Waals surface area contributed by atoms with Gasteiger partial charge in [-0.3, -0.25) is 0 Å². The first-order valence-corrected chi connectivity index (χ1v) is 8.35. The highest BCUT2D eigenvalue weighted by molar-refractivity contribution is 7.89. The number of anilines is 1. The Bertz CT molecular complexity index is 626. The van der Waals surface area contributed by atoms with Gasteiger partial charge in [-0.1, -0.05) is 25.4 Å². The minimum absolute atomic E-state index is 0.0325. The summed E-state index contributed by atoms with van der Waals surface area (Å²) in [6.45, 7) is 4.34. The van der Waals surface area contributed by atoms with Gasteiger partial charge in [0.25, 0.3) is 0 Å². The standard InChI is InChI=1S/C13H19ClN4O2S/c1-10(2)9-18(6-4-5-15)21(19,20)11-7-12(14)13(16-3)17-8-11/h7-8,10H,4,6,9H2,1-3H3,(H,16,17).